The van der Waals surface area contributed by atoms with E-state index in [4.69, 9.17) is 9.26 Å². The molecule has 0 fully saturated rings. The molecule has 0 atom stereocenters. The van der Waals surface area contributed by atoms with Gasteiger partial charge in [0.2, 0.25) is 5.82 Å². The molecule has 4 rings (SSSR count). The van der Waals surface area contributed by atoms with Crippen LogP contribution in [0.15, 0.2) is 47.0 Å². The summed E-state index contributed by atoms with van der Waals surface area (Å²) < 4.78 is 10.8. The minimum Gasteiger partial charge on any atom is -0.496 e. The summed E-state index contributed by atoms with van der Waals surface area (Å²) >= 11 is 0. The Hall–Kier alpha value is -3.10. The molecule has 0 amide bonds. The lowest BCUT2D eigenvalue weighted by atomic mass is 9.94. The number of nitrogens with zero attached hydrogens (tertiary/aromatic N) is 3. The molecule has 28 heavy (non-hydrogen) atoms. The molecule has 8 heteroatoms. The first-order chi connectivity index (χ1) is 13.5. The van der Waals surface area contributed by atoms with Crippen LogP contribution in [0.1, 0.15) is 13.8 Å². The van der Waals surface area contributed by atoms with Crippen LogP contribution in [-0.4, -0.2) is 35.5 Å². The van der Waals surface area contributed by atoms with Gasteiger partial charge in [-0.25, -0.2) is 0 Å². The fraction of sp³-hybridized carbons (Fsp3) is 0.300. The van der Waals surface area contributed by atoms with Gasteiger partial charge in [-0.05, 0) is 30.3 Å². The number of rotatable bonds is 6. The Balaban J connectivity index is 1.60. The SMILES string of the molecule is COc1ccccc1-c1nc(-c2ccc3c(c2)NNN3CC(C)(C)CO)no1. The van der Waals surface area contributed by atoms with E-state index in [-0.39, 0.29) is 12.0 Å². The van der Waals surface area contributed by atoms with E-state index < -0.39 is 0 Å². The molecule has 0 radical (unpaired) electrons. The zero-order valence-corrected chi connectivity index (χ0v) is 16.1. The molecule has 0 aliphatic carbocycles. The number of aliphatic hydroxyl groups is 1. The Labute approximate surface area is 163 Å². The highest BCUT2D eigenvalue weighted by molar-refractivity contribution is 5.78. The van der Waals surface area contributed by atoms with Crippen molar-refractivity contribution in [1.29, 1.82) is 0 Å². The van der Waals surface area contributed by atoms with Crippen LogP contribution in [0.25, 0.3) is 22.8 Å². The first kappa shape index (κ1) is 18.3. The molecule has 0 saturated heterocycles. The van der Waals surface area contributed by atoms with Crippen molar-refractivity contribution in [3.63, 3.8) is 0 Å². The lowest BCUT2D eigenvalue weighted by molar-refractivity contribution is 0.162. The van der Waals surface area contributed by atoms with Crippen molar-refractivity contribution in [3.8, 4) is 28.6 Å². The van der Waals surface area contributed by atoms with Crippen LogP contribution in [0.3, 0.4) is 0 Å². The second-order valence-corrected chi connectivity index (χ2v) is 7.50. The third kappa shape index (κ3) is 3.39. The van der Waals surface area contributed by atoms with Crippen molar-refractivity contribution >= 4 is 11.4 Å². The fourth-order valence-electron chi connectivity index (χ4n) is 3.07. The third-order valence-electron chi connectivity index (χ3n) is 4.65. The topological polar surface area (TPSA) is 95.7 Å². The van der Waals surface area contributed by atoms with Crippen molar-refractivity contribution in [3.05, 3.63) is 42.5 Å². The number of fused-ring (bicyclic) bond motifs is 1. The van der Waals surface area contributed by atoms with Crippen molar-refractivity contribution in [1.82, 2.24) is 15.7 Å². The smallest absolute Gasteiger partial charge is 0.262 e. The normalized spacial score (nSPS) is 13.4. The molecule has 3 aromatic rings. The van der Waals surface area contributed by atoms with Gasteiger partial charge in [0.1, 0.15) is 5.75 Å². The van der Waals surface area contributed by atoms with Gasteiger partial charge in [0.05, 0.1) is 24.0 Å². The van der Waals surface area contributed by atoms with Gasteiger partial charge in [0, 0.05) is 24.1 Å². The number of hydrogen-bond acceptors (Lipinski definition) is 8. The minimum absolute atomic E-state index is 0.104. The van der Waals surface area contributed by atoms with Crippen LogP contribution in [-0.2, 0) is 0 Å². The molecule has 146 valence electrons. The van der Waals surface area contributed by atoms with E-state index in [9.17, 15) is 5.11 Å². The van der Waals surface area contributed by atoms with Gasteiger partial charge in [0.25, 0.3) is 5.89 Å². The Morgan fingerprint density at radius 2 is 2.04 bits per heavy atom. The van der Waals surface area contributed by atoms with E-state index >= 15 is 0 Å². The first-order valence-electron chi connectivity index (χ1n) is 9.02. The summed E-state index contributed by atoms with van der Waals surface area (Å²) in [5.41, 5.74) is 9.55. The Morgan fingerprint density at radius 1 is 1.21 bits per heavy atom. The van der Waals surface area contributed by atoms with Gasteiger partial charge >= 0.3 is 0 Å². The largest absolute Gasteiger partial charge is 0.496 e. The minimum atomic E-state index is -0.230. The predicted molar refractivity (Wildman–Crippen MR) is 107 cm³/mol. The predicted octanol–water partition coefficient (Wildman–Crippen LogP) is 3.08. The van der Waals surface area contributed by atoms with Crippen LogP contribution in [0, 0.1) is 5.41 Å². The highest BCUT2D eigenvalue weighted by atomic mass is 16.5. The Kier molecular flexibility index (Phi) is 4.66. The number of aliphatic hydroxyl groups excluding tert-OH is 1. The summed E-state index contributed by atoms with van der Waals surface area (Å²) in [6, 6.07) is 13.4. The number of nitrogens with one attached hydrogen (secondary N) is 2. The van der Waals surface area contributed by atoms with E-state index in [0.717, 1.165) is 22.5 Å². The number of aromatic nitrogens is 2. The molecule has 2 heterocycles. The molecule has 0 spiro atoms. The second-order valence-electron chi connectivity index (χ2n) is 7.50. The number of hydrazine groups is 2. The Morgan fingerprint density at radius 3 is 2.82 bits per heavy atom. The molecular formula is C20H23N5O3. The summed E-state index contributed by atoms with van der Waals surface area (Å²) in [6.45, 7) is 4.79. The third-order valence-corrected chi connectivity index (χ3v) is 4.65. The van der Waals surface area contributed by atoms with E-state index in [1.807, 2.05) is 61.3 Å². The van der Waals surface area contributed by atoms with Crippen molar-refractivity contribution in [2.24, 2.45) is 5.41 Å². The molecule has 0 unspecified atom stereocenters. The second kappa shape index (κ2) is 7.14. The molecule has 3 N–H and O–H groups in total. The van der Waals surface area contributed by atoms with E-state index in [1.165, 1.54) is 0 Å². The number of hydrogen-bond donors (Lipinski definition) is 3. The van der Waals surface area contributed by atoms with Gasteiger partial charge in [-0.3, -0.25) is 5.01 Å². The maximum absolute atomic E-state index is 9.52. The zero-order chi connectivity index (χ0) is 19.7. The molecule has 0 saturated carbocycles. The Bertz CT molecular complexity index is 985. The molecule has 2 aromatic carbocycles. The quantitative estimate of drug-likeness (QED) is 0.600. The molecule has 1 aromatic heterocycles. The lowest BCUT2D eigenvalue weighted by Crippen LogP contribution is -2.43. The first-order valence-corrected chi connectivity index (χ1v) is 9.02. The molecule has 1 aliphatic rings. The molecule has 1 aliphatic heterocycles. The van der Waals surface area contributed by atoms with Crippen LogP contribution in [0.2, 0.25) is 0 Å². The summed E-state index contributed by atoms with van der Waals surface area (Å²) in [7, 11) is 1.61. The maximum Gasteiger partial charge on any atom is 0.262 e. The van der Waals surface area contributed by atoms with Crippen LogP contribution < -0.4 is 20.7 Å². The van der Waals surface area contributed by atoms with Crippen LogP contribution in [0.5, 0.6) is 5.75 Å². The zero-order valence-electron chi connectivity index (χ0n) is 16.1. The van der Waals surface area contributed by atoms with Gasteiger partial charge in [0.15, 0.2) is 0 Å². The maximum atomic E-state index is 9.52. The summed E-state index contributed by atoms with van der Waals surface area (Å²) in [6.07, 6.45) is 0. The number of para-hydroxylation sites is 1. The van der Waals surface area contributed by atoms with Gasteiger partial charge in [-0.2, -0.15) is 4.98 Å². The van der Waals surface area contributed by atoms with E-state index in [1.54, 1.807) is 7.11 Å². The van der Waals surface area contributed by atoms with Gasteiger partial charge in [-0.15, -0.1) is 5.53 Å². The van der Waals surface area contributed by atoms with Gasteiger partial charge < -0.3 is 19.8 Å². The van der Waals surface area contributed by atoms with Crippen LogP contribution in [0.4, 0.5) is 11.4 Å². The highest BCUT2D eigenvalue weighted by Gasteiger charge is 2.27. The van der Waals surface area contributed by atoms with Crippen molar-refractivity contribution in [2.75, 3.05) is 30.7 Å². The fourth-order valence-corrected chi connectivity index (χ4v) is 3.07. The summed E-state index contributed by atoms with van der Waals surface area (Å²) in [4.78, 5) is 4.52. The highest BCUT2D eigenvalue weighted by Crippen LogP contribution is 2.35. The average Bonchev–Trinajstić information content (AvgIpc) is 3.35. The number of anilines is 2. The standard InChI is InChI=1S/C20H23N5O3/c1-20(2,12-26)11-25-16-9-8-13(10-15(16)22-24-25)18-21-19(28-23-18)14-6-4-5-7-17(14)27-3/h4-10,22,24,26H,11-12H2,1-3H3. The molecular weight excluding hydrogens is 358 g/mol. The van der Waals surface area contributed by atoms with Gasteiger partial charge in [-0.1, -0.05) is 31.1 Å². The van der Waals surface area contributed by atoms with E-state index in [2.05, 4.69) is 21.1 Å². The summed E-state index contributed by atoms with van der Waals surface area (Å²) in [5.74, 6) is 1.59. The van der Waals surface area contributed by atoms with Crippen LogP contribution >= 0.6 is 0 Å². The monoisotopic (exact) mass is 381 g/mol. The molecule has 0 bridgehead atoms. The molecule has 8 nitrogen and oxygen atoms in total. The lowest BCUT2D eigenvalue weighted by Gasteiger charge is -2.28. The summed E-state index contributed by atoms with van der Waals surface area (Å²) in [5, 5.41) is 15.6. The number of methoxy groups -OCH3 is 1. The van der Waals surface area contributed by atoms with E-state index in [0.29, 0.717) is 24.0 Å². The van der Waals surface area contributed by atoms with Crippen molar-refractivity contribution < 1.29 is 14.4 Å². The average molecular weight is 381 g/mol. The number of benzene rings is 2. The van der Waals surface area contributed by atoms with Crippen molar-refractivity contribution in [2.45, 2.75) is 13.8 Å². The number of ether oxygens (including phenoxy) is 1.